The molecule has 20 heavy (non-hydrogen) atoms. The van der Waals surface area contributed by atoms with Crippen LogP contribution in [0.15, 0.2) is 48.0 Å². The third kappa shape index (κ3) is 2.37. The van der Waals surface area contributed by atoms with Crippen molar-refractivity contribution in [2.45, 2.75) is 13.0 Å². The Morgan fingerprint density at radius 3 is 2.65 bits per heavy atom. The van der Waals surface area contributed by atoms with Crippen LogP contribution in [0.5, 0.6) is 0 Å². The molecule has 3 rings (SSSR count). The van der Waals surface area contributed by atoms with Gasteiger partial charge in [-0.2, -0.15) is 15.0 Å². The van der Waals surface area contributed by atoms with Gasteiger partial charge in [0.25, 0.3) is 0 Å². The van der Waals surface area contributed by atoms with E-state index in [0.29, 0.717) is 0 Å². The fraction of sp³-hybridized carbons (Fsp3) is 0.200. The van der Waals surface area contributed by atoms with Crippen LogP contribution in [0.4, 0.5) is 0 Å². The Kier molecular flexibility index (Phi) is 3.62. The minimum absolute atomic E-state index is 0.0821. The van der Waals surface area contributed by atoms with Gasteiger partial charge in [-0.15, -0.1) is 11.3 Å². The van der Waals surface area contributed by atoms with Gasteiger partial charge in [0.2, 0.25) is 0 Å². The first-order valence-electron chi connectivity index (χ1n) is 6.48. The molecule has 0 amide bonds. The van der Waals surface area contributed by atoms with Crippen molar-refractivity contribution >= 4 is 11.3 Å². The Morgan fingerprint density at radius 2 is 2.00 bits per heavy atom. The summed E-state index contributed by atoms with van der Waals surface area (Å²) in [6.45, 7) is 2.13. The second-order valence-electron chi connectivity index (χ2n) is 4.55. The summed E-state index contributed by atoms with van der Waals surface area (Å²) < 4.78 is 0. The average Bonchev–Trinajstić information content (AvgIpc) is 3.12. The van der Waals surface area contributed by atoms with E-state index in [0.717, 1.165) is 11.4 Å². The number of para-hydroxylation sites is 1. The van der Waals surface area contributed by atoms with E-state index in [9.17, 15) is 0 Å². The minimum Gasteiger partial charge on any atom is -0.308 e. The Hall–Kier alpha value is -1.98. The Balaban J connectivity index is 1.95. The van der Waals surface area contributed by atoms with Gasteiger partial charge >= 0.3 is 0 Å². The molecule has 0 aliphatic carbocycles. The molecule has 1 N–H and O–H groups in total. The number of rotatable bonds is 4. The molecule has 102 valence electrons. The quantitative estimate of drug-likeness (QED) is 0.801. The van der Waals surface area contributed by atoms with Gasteiger partial charge in [0.1, 0.15) is 5.69 Å². The van der Waals surface area contributed by atoms with Crippen molar-refractivity contribution in [3.63, 3.8) is 0 Å². The smallest absolute Gasteiger partial charge is 0.105 e. The summed E-state index contributed by atoms with van der Waals surface area (Å²) >= 11 is 1.75. The van der Waals surface area contributed by atoms with Crippen LogP contribution in [0.25, 0.3) is 5.69 Å². The first-order valence-corrected chi connectivity index (χ1v) is 7.36. The summed E-state index contributed by atoms with van der Waals surface area (Å²) in [5.41, 5.74) is 3.16. The number of thiophene rings is 1. The van der Waals surface area contributed by atoms with Crippen LogP contribution in [0.3, 0.4) is 0 Å². The number of aryl methyl sites for hydroxylation is 1. The van der Waals surface area contributed by atoms with E-state index in [2.05, 4.69) is 33.9 Å². The molecular formula is C15H16N4S. The van der Waals surface area contributed by atoms with Gasteiger partial charge in [-0.3, -0.25) is 0 Å². The van der Waals surface area contributed by atoms with E-state index in [1.165, 1.54) is 10.4 Å². The molecule has 0 spiro atoms. The molecule has 0 fully saturated rings. The number of nitrogens with one attached hydrogen (secondary N) is 1. The molecular weight excluding hydrogens is 268 g/mol. The lowest BCUT2D eigenvalue weighted by atomic mass is 10.1. The second kappa shape index (κ2) is 5.56. The van der Waals surface area contributed by atoms with Crippen molar-refractivity contribution < 1.29 is 0 Å². The predicted octanol–water partition coefficient (Wildman–Crippen LogP) is 2.95. The van der Waals surface area contributed by atoms with E-state index in [1.54, 1.807) is 16.1 Å². The standard InChI is InChI=1S/C15H16N4S/c1-11-13(8-9-20-11)15(16-2)14-10-17-19(18-14)12-6-4-3-5-7-12/h3-10,15-16H,1-2H3. The van der Waals surface area contributed by atoms with Crippen LogP contribution in [0.2, 0.25) is 0 Å². The molecule has 1 unspecified atom stereocenters. The maximum atomic E-state index is 4.60. The predicted molar refractivity (Wildman–Crippen MR) is 81.3 cm³/mol. The maximum Gasteiger partial charge on any atom is 0.105 e. The van der Waals surface area contributed by atoms with Crippen LogP contribution < -0.4 is 5.32 Å². The molecule has 0 aliphatic heterocycles. The molecule has 2 aromatic heterocycles. The van der Waals surface area contributed by atoms with Crippen LogP contribution in [-0.2, 0) is 0 Å². The minimum atomic E-state index is 0.0821. The zero-order chi connectivity index (χ0) is 13.9. The van der Waals surface area contributed by atoms with E-state index in [1.807, 2.05) is 43.6 Å². The molecule has 1 aromatic carbocycles. The SMILES string of the molecule is CNC(c1cnn(-c2ccccc2)n1)c1ccsc1C. The summed E-state index contributed by atoms with van der Waals surface area (Å²) in [5, 5.41) is 14.4. The summed E-state index contributed by atoms with van der Waals surface area (Å²) in [6, 6.07) is 12.2. The van der Waals surface area contributed by atoms with Gasteiger partial charge < -0.3 is 5.32 Å². The second-order valence-corrected chi connectivity index (χ2v) is 5.67. The fourth-order valence-electron chi connectivity index (χ4n) is 2.25. The third-order valence-corrected chi connectivity index (χ3v) is 4.15. The highest BCUT2D eigenvalue weighted by atomic mass is 32.1. The monoisotopic (exact) mass is 284 g/mol. The molecule has 3 aromatic rings. The largest absolute Gasteiger partial charge is 0.308 e. The normalized spacial score (nSPS) is 12.5. The van der Waals surface area contributed by atoms with Crippen molar-refractivity contribution in [3.8, 4) is 5.69 Å². The lowest BCUT2D eigenvalue weighted by Crippen LogP contribution is -2.18. The number of aromatic nitrogens is 3. The van der Waals surface area contributed by atoms with Gasteiger partial charge in [0, 0.05) is 4.88 Å². The first-order chi connectivity index (χ1) is 9.79. The summed E-state index contributed by atoms with van der Waals surface area (Å²) in [7, 11) is 1.95. The molecule has 0 saturated carbocycles. The van der Waals surface area contributed by atoms with Crippen molar-refractivity contribution in [2.75, 3.05) is 7.05 Å². The highest BCUT2D eigenvalue weighted by molar-refractivity contribution is 7.10. The Morgan fingerprint density at radius 1 is 1.20 bits per heavy atom. The summed E-state index contributed by atoms with van der Waals surface area (Å²) in [6.07, 6.45) is 1.82. The third-order valence-electron chi connectivity index (χ3n) is 3.29. The van der Waals surface area contributed by atoms with Gasteiger partial charge in [-0.25, -0.2) is 0 Å². The van der Waals surface area contributed by atoms with Crippen LogP contribution in [-0.4, -0.2) is 22.0 Å². The van der Waals surface area contributed by atoms with Crippen molar-refractivity contribution in [3.05, 3.63) is 64.1 Å². The van der Waals surface area contributed by atoms with Crippen molar-refractivity contribution in [1.82, 2.24) is 20.3 Å². The fourth-order valence-corrected chi connectivity index (χ4v) is 2.99. The Labute approximate surface area is 122 Å². The molecule has 0 saturated heterocycles. The molecule has 0 bridgehead atoms. The topological polar surface area (TPSA) is 42.7 Å². The highest BCUT2D eigenvalue weighted by Crippen LogP contribution is 2.26. The zero-order valence-electron chi connectivity index (χ0n) is 11.4. The van der Waals surface area contributed by atoms with Crippen molar-refractivity contribution in [1.29, 1.82) is 0 Å². The average molecular weight is 284 g/mol. The highest BCUT2D eigenvalue weighted by Gasteiger charge is 2.18. The Bertz CT molecular complexity index is 687. The molecule has 1 atom stereocenters. The van der Waals surface area contributed by atoms with E-state index >= 15 is 0 Å². The van der Waals surface area contributed by atoms with Gasteiger partial charge in [-0.05, 0) is 43.1 Å². The molecule has 0 aliphatic rings. The number of benzene rings is 1. The maximum absolute atomic E-state index is 4.60. The van der Waals surface area contributed by atoms with E-state index < -0.39 is 0 Å². The van der Waals surface area contributed by atoms with E-state index in [4.69, 9.17) is 0 Å². The lowest BCUT2D eigenvalue weighted by molar-refractivity contribution is 0.649. The molecule has 2 heterocycles. The molecule has 0 radical (unpaired) electrons. The number of hydrogen-bond donors (Lipinski definition) is 1. The van der Waals surface area contributed by atoms with E-state index in [-0.39, 0.29) is 6.04 Å². The van der Waals surface area contributed by atoms with Crippen molar-refractivity contribution in [2.24, 2.45) is 0 Å². The molecule has 5 heteroatoms. The number of nitrogens with zero attached hydrogens (tertiary/aromatic N) is 3. The van der Waals surface area contributed by atoms with Crippen LogP contribution in [0, 0.1) is 6.92 Å². The molecule has 4 nitrogen and oxygen atoms in total. The summed E-state index contributed by atoms with van der Waals surface area (Å²) in [4.78, 5) is 2.97. The first kappa shape index (κ1) is 13.0. The summed E-state index contributed by atoms with van der Waals surface area (Å²) in [5.74, 6) is 0. The van der Waals surface area contributed by atoms with Crippen LogP contribution >= 0.6 is 11.3 Å². The van der Waals surface area contributed by atoms with Gasteiger partial charge in [0.05, 0.1) is 17.9 Å². The van der Waals surface area contributed by atoms with Gasteiger partial charge in [0.15, 0.2) is 0 Å². The lowest BCUT2D eigenvalue weighted by Gasteiger charge is -2.13. The van der Waals surface area contributed by atoms with Crippen LogP contribution in [0.1, 0.15) is 22.2 Å². The zero-order valence-corrected chi connectivity index (χ0v) is 12.3. The number of hydrogen-bond acceptors (Lipinski definition) is 4. The van der Waals surface area contributed by atoms with Gasteiger partial charge in [-0.1, -0.05) is 18.2 Å².